The van der Waals surface area contributed by atoms with E-state index >= 15 is 0 Å². The van der Waals surface area contributed by atoms with E-state index in [1.807, 2.05) is 13.0 Å². The summed E-state index contributed by atoms with van der Waals surface area (Å²) in [5.41, 5.74) is 1.32. The molecule has 0 saturated carbocycles. The van der Waals surface area contributed by atoms with Crippen LogP contribution in [0.5, 0.6) is 0 Å². The van der Waals surface area contributed by atoms with E-state index in [9.17, 15) is 9.59 Å². The fourth-order valence-corrected chi connectivity index (χ4v) is 1.54. The van der Waals surface area contributed by atoms with Gasteiger partial charge in [0, 0.05) is 24.3 Å². The predicted octanol–water partition coefficient (Wildman–Crippen LogP) is 1.54. The minimum absolute atomic E-state index is 0.105. The molecule has 0 saturated heterocycles. The van der Waals surface area contributed by atoms with Gasteiger partial charge in [0.25, 0.3) is 5.91 Å². The standard InChI is InChI=1S/C15H21N3O2/c1-3-8-16-14(19)11-18-13-7-5-6-12(10-13)15(20)17-9-4-2/h3,5-7,10,18H,1,4,8-9,11H2,2H3,(H,16,19)(H,17,20). The zero-order valence-corrected chi connectivity index (χ0v) is 11.7. The zero-order chi connectivity index (χ0) is 14.8. The van der Waals surface area contributed by atoms with Crippen molar-refractivity contribution in [3.63, 3.8) is 0 Å². The van der Waals surface area contributed by atoms with Gasteiger partial charge in [-0.3, -0.25) is 9.59 Å². The average molecular weight is 275 g/mol. The number of benzene rings is 1. The van der Waals surface area contributed by atoms with Crippen LogP contribution < -0.4 is 16.0 Å². The quantitative estimate of drug-likeness (QED) is 0.630. The summed E-state index contributed by atoms with van der Waals surface area (Å²) < 4.78 is 0. The smallest absolute Gasteiger partial charge is 0.251 e. The Morgan fingerprint density at radius 2 is 2.10 bits per heavy atom. The minimum atomic E-state index is -0.120. The molecule has 0 unspecified atom stereocenters. The van der Waals surface area contributed by atoms with Gasteiger partial charge < -0.3 is 16.0 Å². The van der Waals surface area contributed by atoms with Gasteiger partial charge in [-0.2, -0.15) is 0 Å². The van der Waals surface area contributed by atoms with Gasteiger partial charge in [-0.1, -0.05) is 19.1 Å². The molecule has 0 radical (unpaired) electrons. The van der Waals surface area contributed by atoms with Crippen molar-refractivity contribution in [2.75, 3.05) is 25.0 Å². The Bertz CT molecular complexity index is 472. The van der Waals surface area contributed by atoms with Crippen LogP contribution >= 0.6 is 0 Å². The minimum Gasteiger partial charge on any atom is -0.376 e. The third kappa shape index (κ3) is 5.56. The molecule has 0 spiro atoms. The van der Waals surface area contributed by atoms with Gasteiger partial charge in [-0.15, -0.1) is 6.58 Å². The van der Waals surface area contributed by atoms with Crippen LogP contribution in [0, 0.1) is 0 Å². The largest absolute Gasteiger partial charge is 0.376 e. The molecule has 5 heteroatoms. The Hall–Kier alpha value is -2.30. The fraction of sp³-hybridized carbons (Fsp3) is 0.333. The van der Waals surface area contributed by atoms with Crippen LogP contribution in [0.25, 0.3) is 0 Å². The maximum absolute atomic E-state index is 11.8. The van der Waals surface area contributed by atoms with Crippen LogP contribution in [-0.4, -0.2) is 31.4 Å². The second-order valence-corrected chi connectivity index (χ2v) is 4.28. The Balaban J connectivity index is 2.53. The summed E-state index contributed by atoms with van der Waals surface area (Å²) in [6, 6.07) is 7.07. The van der Waals surface area contributed by atoms with Crippen LogP contribution in [0.4, 0.5) is 5.69 Å². The van der Waals surface area contributed by atoms with Crippen molar-refractivity contribution in [2.24, 2.45) is 0 Å². The lowest BCUT2D eigenvalue weighted by atomic mass is 10.2. The molecular weight excluding hydrogens is 254 g/mol. The highest BCUT2D eigenvalue weighted by atomic mass is 16.2. The summed E-state index contributed by atoms with van der Waals surface area (Å²) in [5, 5.41) is 8.46. The van der Waals surface area contributed by atoms with Gasteiger partial charge >= 0.3 is 0 Å². The number of rotatable bonds is 8. The second-order valence-electron chi connectivity index (χ2n) is 4.28. The molecule has 0 aliphatic carbocycles. The van der Waals surface area contributed by atoms with E-state index in [-0.39, 0.29) is 18.4 Å². The maximum atomic E-state index is 11.8. The van der Waals surface area contributed by atoms with Crippen molar-refractivity contribution in [3.8, 4) is 0 Å². The topological polar surface area (TPSA) is 70.2 Å². The van der Waals surface area contributed by atoms with Crippen molar-refractivity contribution in [3.05, 3.63) is 42.5 Å². The van der Waals surface area contributed by atoms with Crippen LogP contribution in [0.3, 0.4) is 0 Å². The molecule has 108 valence electrons. The first kappa shape index (κ1) is 15.8. The Morgan fingerprint density at radius 3 is 2.80 bits per heavy atom. The molecule has 1 aromatic rings. The maximum Gasteiger partial charge on any atom is 0.251 e. The number of anilines is 1. The molecule has 0 aromatic heterocycles. The van der Waals surface area contributed by atoms with Crippen LogP contribution in [0.1, 0.15) is 23.7 Å². The molecule has 0 bridgehead atoms. The van der Waals surface area contributed by atoms with Crippen molar-refractivity contribution < 1.29 is 9.59 Å². The summed E-state index contributed by atoms with van der Waals surface area (Å²) in [6.07, 6.45) is 2.52. The second kappa shape index (κ2) is 8.74. The number of carbonyl (C=O) groups is 2. The molecule has 0 aliphatic heterocycles. The van der Waals surface area contributed by atoms with Crippen molar-refractivity contribution in [1.82, 2.24) is 10.6 Å². The van der Waals surface area contributed by atoms with Gasteiger partial charge in [0.2, 0.25) is 5.91 Å². The Labute approximate surface area is 119 Å². The lowest BCUT2D eigenvalue weighted by Crippen LogP contribution is -2.30. The summed E-state index contributed by atoms with van der Waals surface area (Å²) in [5.74, 6) is -0.225. The Morgan fingerprint density at radius 1 is 1.30 bits per heavy atom. The van der Waals surface area contributed by atoms with Gasteiger partial charge in [-0.25, -0.2) is 0 Å². The lowest BCUT2D eigenvalue weighted by Gasteiger charge is -2.08. The van der Waals surface area contributed by atoms with Gasteiger partial charge in [0.15, 0.2) is 0 Å². The molecular formula is C15H21N3O2. The van der Waals surface area contributed by atoms with E-state index in [0.29, 0.717) is 18.7 Å². The first-order chi connectivity index (χ1) is 9.67. The van der Waals surface area contributed by atoms with E-state index in [1.54, 1.807) is 24.3 Å². The number of hydrogen-bond acceptors (Lipinski definition) is 3. The highest BCUT2D eigenvalue weighted by molar-refractivity contribution is 5.95. The number of nitrogens with one attached hydrogen (secondary N) is 3. The SMILES string of the molecule is C=CCNC(=O)CNc1cccc(C(=O)NCCC)c1. The molecule has 0 fully saturated rings. The highest BCUT2D eigenvalue weighted by Gasteiger charge is 2.05. The van der Waals surface area contributed by atoms with Gasteiger partial charge in [-0.05, 0) is 24.6 Å². The zero-order valence-electron chi connectivity index (χ0n) is 11.7. The van der Waals surface area contributed by atoms with Gasteiger partial charge in [0.05, 0.1) is 6.54 Å². The molecule has 3 N–H and O–H groups in total. The number of hydrogen-bond donors (Lipinski definition) is 3. The lowest BCUT2D eigenvalue weighted by molar-refractivity contribution is -0.119. The summed E-state index contributed by atoms with van der Waals surface area (Å²) in [4.78, 5) is 23.2. The molecule has 0 aliphatic rings. The molecule has 1 aromatic carbocycles. The van der Waals surface area contributed by atoms with E-state index < -0.39 is 0 Å². The predicted molar refractivity (Wildman–Crippen MR) is 80.8 cm³/mol. The van der Waals surface area contributed by atoms with Crippen LogP contribution in [0.15, 0.2) is 36.9 Å². The summed E-state index contributed by atoms with van der Waals surface area (Å²) in [7, 11) is 0. The highest BCUT2D eigenvalue weighted by Crippen LogP contribution is 2.10. The first-order valence-corrected chi connectivity index (χ1v) is 6.67. The van der Waals surface area contributed by atoms with E-state index in [2.05, 4.69) is 22.5 Å². The van der Waals surface area contributed by atoms with E-state index in [1.165, 1.54) is 0 Å². The molecule has 1 rings (SSSR count). The van der Waals surface area contributed by atoms with E-state index in [4.69, 9.17) is 0 Å². The third-order valence-electron chi connectivity index (χ3n) is 2.56. The number of carbonyl (C=O) groups excluding carboxylic acids is 2. The van der Waals surface area contributed by atoms with Gasteiger partial charge in [0.1, 0.15) is 0 Å². The molecule has 0 heterocycles. The normalized spacial score (nSPS) is 9.65. The van der Waals surface area contributed by atoms with Crippen LogP contribution in [0.2, 0.25) is 0 Å². The Kier molecular flexibility index (Phi) is 6.89. The molecule has 0 atom stereocenters. The molecule has 20 heavy (non-hydrogen) atoms. The number of amides is 2. The van der Waals surface area contributed by atoms with E-state index in [0.717, 1.165) is 12.1 Å². The van der Waals surface area contributed by atoms with Crippen LogP contribution in [-0.2, 0) is 4.79 Å². The van der Waals surface area contributed by atoms with Crippen molar-refractivity contribution in [2.45, 2.75) is 13.3 Å². The first-order valence-electron chi connectivity index (χ1n) is 6.67. The third-order valence-corrected chi connectivity index (χ3v) is 2.56. The summed E-state index contributed by atoms with van der Waals surface area (Å²) >= 11 is 0. The average Bonchev–Trinajstić information content (AvgIpc) is 2.48. The summed E-state index contributed by atoms with van der Waals surface area (Å²) in [6.45, 7) is 6.79. The fourth-order valence-electron chi connectivity index (χ4n) is 1.54. The monoisotopic (exact) mass is 275 g/mol. The van der Waals surface area contributed by atoms with Crippen molar-refractivity contribution >= 4 is 17.5 Å². The van der Waals surface area contributed by atoms with Crippen molar-refractivity contribution in [1.29, 1.82) is 0 Å². The molecule has 2 amide bonds. The molecule has 5 nitrogen and oxygen atoms in total.